The zero-order valence-corrected chi connectivity index (χ0v) is 6.57. The van der Waals surface area contributed by atoms with Gasteiger partial charge in [0.2, 0.25) is 0 Å². The van der Waals surface area contributed by atoms with Crippen LogP contribution < -0.4 is 10.8 Å². The highest BCUT2D eigenvalue weighted by Gasteiger charge is 2.07. The number of rotatable bonds is 1. The molecular weight excluding hydrogens is 170 g/mol. The molecule has 0 radical (unpaired) electrons. The van der Waals surface area contributed by atoms with Crippen LogP contribution in [0.3, 0.4) is 0 Å². The number of carbonyl (C=O) groups is 1. The van der Waals surface area contributed by atoms with Crippen molar-refractivity contribution >= 4 is 22.6 Å². The number of nitrogens with zero attached hydrogens (tertiary/aromatic N) is 1. The molecule has 0 saturated carbocycles. The van der Waals surface area contributed by atoms with E-state index in [0.717, 1.165) is 0 Å². The van der Waals surface area contributed by atoms with Gasteiger partial charge in [-0.2, -0.15) is 5.10 Å². The average molecular weight is 176 g/mol. The zero-order valence-electron chi connectivity index (χ0n) is 6.57. The van der Waals surface area contributed by atoms with Gasteiger partial charge in [-0.25, -0.2) is 0 Å². The number of fused-ring (bicyclic) bond motifs is 1. The minimum absolute atomic E-state index is 0.0324. The second kappa shape index (κ2) is 2.48. The molecule has 1 aromatic carbocycles. The van der Waals surface area contributed by atoms with E-state index >= 15 is 0 Å². The van der Waals surface area contributed by atoms with Crippen molar-refractivity contribution in [1.82, 2.24) is 10.2 Å². The molecule has 0 aliphatic rings. The van der Waals surface area contributed by atoms with Gasteiger partial charge in [-0.15, -0.1) is 0 Å². The monoisotopic (exact) mass is 176 g/mol. The lowest BCUT2D eigenvalue weighted by Crippen LogP contribution is -2.23. The Balaban J connectivity index is 2.88. The number of nitrogens with two attached hydrogens (primary N) is 1. The van der Waals surface area contributed by atoms with Crippen LogP contribution in [-0.4, -0.2) is 16.2 Å². The molecule has 0 aliphatic carbocycles. The maximum atomic E-state index is 10.7. The summed E-state index contributed by atoms with van der Waals surface area (Å²) in [5.74, 6) is -1.30. The number of carboxylic acid groups (broad SMARTS) is 1. The second-order valence-electron chi connectivity index (χ2n) is 2.65. The number of nitrogen functional groups attached to an aromatic ring is 1. The predicted molar refractivity (Wildman–Crippen MR) is 44.8 cm³/mol. The van der Waals surface area contributed by atoms with Crippen molar-refractivity contribution in [3.63, 3.8) is 0 Å². The van der Waals surface area contributed by atoms with Gasteiger partial charge >= 0.3 is 0 Å². The number of hydrogen-bond acceptors (Lipinski definition) is 4. The highest BCUT2D eigenvalue weighted by atomic mass is 16.4. The standard InChI is InChI=1S/C8H7N3O2/c9-5-2-1-4-3-10-11-7(4)6(5)8(12)13/h1-3H,9H2,(H,10,11)(H,12,13)/p-1. The first kappa shape index (κ1) is 7.60. The van der Waals surface area contributed by atoms with Crippen molar-refractivity contribution in [3.8, 4) is 0 Å². The lowest BCUT2D eigenvalue weighted by atomic mass is 10.1. The SMILES string of the molecule is Nc1ccc2cn[nH]c2c1C(=O)[O-]. The van der Waals surface area contributed by atoms with E-state index in [2.05, 4.69) is 10.2 Å². The normalized spacial score (nSPS) is 10.5. The van der Waals surface area contributed by atoms with Crippen molar-refractivity contribution in [1.29, 1.82) is 0 Å². The van der Waals surface area contributed by atoms with Gasteiger partial charge in [0, 0.05) is 16.6 Å². The van der Waals surface area contributed by atoms with E-state index < -0.39 is 5.97 Å². The first-order valence-electron chi connectivity index (χ1n) is 3.63. The van der Waals surface area contributed by atoms with E-state index in [-0.39, 0.29) is 11.3 Å². The molecule has 1 aromatic heterocycles. The van der Waals surface area contributed by atoms with Crippen molar-refractivity contribution in [2.24, 2.45) is 0 Å². The summed E-state index contributed by atoms with van der Waals surface area (Å²) in [5, 5.41) is 17.7. The largest absolute Gasteiger partial charge is 0.545 e. The minimum Gasteiger partial charge on any atom is -0.545 e. The molecule has 0 bridgehead atoms. The number of nitrogens with one attached hydrogen (secondary N) is 1. The number of H-pyrrole nitrogens is 1. The van der Waals surface area contributed by atoms with Crippen molar-refractivity contribution in [3.05, 3.63) is 23.9 Å². The summed E-state index contributed by atoms with van der Waals surface area (Å²) < 4.78 is 0. The summed E-state index contributed by atoms with van der Waals surface area (Å²) >= 11 is 0. The van der Waals surface area contributed by atoms with Gasteiger partial charge < -0.3 is 15.6 Å². The average Bonchev–Trinajstić information content (AvgIpc) is 2.50. The Hall–Kier alpha value is -2.04. The van der Waals surface area contributed by atoms with Gasteiger partial charge in [-0.1, -0.05) is 0 Å². The van der Waals surface area contributed by atoms with E-state index in [1.165, 1.54) is 12.3 Å². The fourth-order valence-corrected chi connectivity index (χ4v) is 1.25. The van der Waals surface area contributed by atoms with Crippen LogP contribution in [0.4, 0.5) is 5.69 Å². The van der Waals surface area contributed by atoms with Crippen LogP contribution in [0.25, 0.3) is 10.9 Å². The summed E-state index contributed by atoms with van der Waals surface area (Å²) in [4.78, 5) is 10.7. The number of carboxylic acids is 1. The van der Waals surface area contributed by atoms with Crippen molar-refractivity contribution in [2.45, 2.75) is 0 Å². The number of benzene rings is 1. The van der Waals surface area contributed by atoms with Gasteiger partial charge in [0.05, 0.1) is 17.7 Å². The Kier molecular flexibility index (Phi) is 1.45. The number of aromatic carboxylic acids is 1. The minimum atomic E-state index is -1.30. The molecule has 5 heteroatoms. The molecule has 1 heterocycles. The van der Waals surface area contributed by atoms with E-state index in [0.29, 0.717) is 10.9 Å². The Labute approximate surface area is 73.2 Å². The molecule has 13 heavy (non-hydrogen) atoms. The quantitative estimate of drug-likeness (QED) is 0.573. The topological polar surface area (TPSA) is 94.8 Å². The number of anilines is 1. The van der Waals surface area contributed by atoms with Crippen molar-refractivity contribution < 1.29 is 9.90 Å². The zero-order chi connectivity index (χ0) is 9.42. The smallest absolute Gasteiger partial charge is 0.0761 e. The molecular formula is C8H6N3O2-. The molecule has 0 fully saturated rings. The Bertz CT molecular complexity index is 475. The molecule has 5 nitrogen and oxygen atoms in total. The molecule has 66 valence electrons. The van der Waals surface area contributed by atoms with Crippen molar-refractivity contribution in [2.75, 3.05) is 5.73 Å². The Morgan fingerprint density at radius 2 is 2.31 bits per heavy atom. The molecule has 0 spiro atoms. The van der Waals surface area contributed by atoms with E-state index in [9.17, 15) is 9.90 Å². The fourth-order valence-electron chi connectivity index (χ4n) is 1.25. The van der Waals surface area contributed by atoms with E-state index in [1.54, 1.807) is 6.07 Å². The summed E-state index contributed by atoms with van der Waals surface area (Å²) in [7, 11) is 0. The molecule has 0 amide bonds. The van der Waals surface area contributed by atoms with Gasteiger partial charge in [0.1, 0.15) is 0 Å². The van der Waals surface area contributed by atoms with Crippen LogP contribution in [0.5, 0.6) is 0 Å². The molecule has 3 N–H and O–H groups in total. The third-order valence-corrected chi connectivity index (χ3v) is 1.85. The Morgan fingerprint density at radius 1 is 1.54 bits per heavy atom. The third-order valence-electron chi connectivity index (χ3n) is 1.85. The molecule has 2 rings (SSSR count). The number of aromatic nitrogens is 2. The molecule has 0 saturated heterocycles. The van der Waals surface area contributed by atoms with Gasteiger partial charge in [-0.05, 0) is 12.1 Å². The van der Waals surface area contributed by atoms with E-state index in [4.69, 9.17) is 5.73 Å². The maximum Gasteiger partial charge on any atom is 0.0761 e. The lowest BCUT2D eigenvalue weighted by Gasteiger charge is -2.06. The highest BCUT2D eigenvalue weighted by Crippen LogP contribution is 2.20. The molecule has 0 unspecified atom stereocenters. The summed E-state index contributed by atoms with van der Waals surface area (Å²) in [6.45, 7) is 0. The number of carbonyl (C=O) groups excluding carboxylic acids is 1. The summed E-state index contributed by atoms with van der Waals surface area (Å²) in [6.07, 6.45) is 1.53. The third kappa shape index (κ3) is 1.01. The second-order valence-corrected chi connectivity index (χ2v) is 2.65. The first-order chi connectivity index (χ1) is 6.20. The van der Waals surface area contributed by atoms with Crippen LogP contribution in [0.15, 0.2) is 18.3 Å². The van der Waals surface area contributed by atoms with Crippen LogP contribution in [0.1, 0.15) is 10.4 Å². The number of hydrogen-bond donors (Lipinski definition) is 2. The molecule has 0 atom stereocenters. The van der Waals surface area contributed by atoms with Gasteiger partial charge in [0.25, 0.3) is 0 Å². The lowest BCUT2D eigenvalue weighted by molar-refractivity contribution is -0.254. The van der Waals surface area contributed by atoms with Crippen LogP contribution in [0, 0.1) is 0 Å². The first-order valence-corrected chi connectivity index (χ1v) is 3.63. The van der Waals surface area contributed by atoms with Gasteiger partial charge in [0.15, 0.2) is 0 Å². The summed E-state index contributed by atoms with van der Waals surface area (Å²) in [5.41, 5.74) is 6.03. The van der Waals surface area contributed by atoms with E-state index in [1.807, 2.05) is 0 Å². The predicted octanol–water partition coefficient (Wildman–Crippen LogP) is -0.491. The molecule has 2 aromatic rings. The van der Waals surface area contributed by atoms with Gasteiger partial charge in [-0.3, -0.25) is 5.10 Å². The molecule has 0 aliphatic heterocycles. The highest BCUT2D eigenvalue weighted by molar-refractivity contribution is 6.05. The van der Waals surface area contributed by atoms with Crippen LogP contribution in [-0.2, 0) is 0 Å². The van der Waals surface area contributed by atoms with Crippen LogP contribution >= 0.6 is 0 Å². The maximum absolute atomic E-state index is 10.7. The Morgan fingerprint density at radius 3 is 3.00 bits per heavy atom. The summed E-state index contributed by atoms with van der Waals surface area (Å²) in [6, 6.07) is 3.21. The van der Waals surface area contributed by atoms with Crippen LogP contribution in [0.2, 0.25) is 0 Å². The fraction of sp³-hybridized carbons (Fsp3) is 0. The number of aromatic amines is 1.